The van der Waals surface area contributed by atoms with Gasteiger partial charge in [0.1, 0.15) is 0 Å². The van der Waals surface area contributed by atoms with E-state index in [1.54, 1.807) is 18.6 Å². The average Bonchev–Trinajstić information content (AvgIpc) is 3.31. The SMILES string of the molecule is O=C(C=Cc1cc(Br)ccc1-n1ccnc1)NC1CCc2ccccc21. The van der Waals surface area contributed by atoms with Crippen molar-refractivity contribution in [1.82, 2.24) is 14.9 Å². The number of rotatable bonds is 4. The second-order valence-corrected chi connectivity index (χ2v) is 7.22. The maximum absolute atomic E-state index is 12.4. The number of benzene rings is 2. The van der Waals surface area contributed by atoms with Crippen LogP contribution in [0.3, 0.4) is 0 Å². The molecule has 0 saturated carbocycles. The van der Waals surface area contributed by atoms with Gasteiger partial charge in [-0.25, -0.2) is 4.98 Å². The summed E-state index contributed by atoms with van der Waals surface area (Å²) in [5, 5.41) is 3.12. The van der Waals surface area contributed by atoms with Gasteiger partial charge in [0.05, 0.1) is 18.1 Å². The van der Waals surface area contributed by atoms with Crippen molar-refractivity contribution in [1.29, 1.82) is 0 Å². The van der Waals surface area contributed by atoms with E-state index < -0.39 is 0 Å². The van der Waals surface area contributed by atoms with Gasteiger partial charge in [-0.05, 0) is 53.8 Å². The number of hydrogen-bond donors (Lipinski definition) is 1. The molecular weight excluding hydrogens is 390 g/mol. The monoisotopic (exact) mass is 407 g/mol. The molecule has 1 amide bonds. The molecule has 26 heavy (non-hydrogen) atoms. The van der Waals surface area contributed by atoms with Crippen LogP contribution >= 0.6 is 15.9 Å². The van der Waals surface area contributed by atoms with Crippen LogP contribution in [0.5, 0.6) is 0 Å². The number of aryl methyl sites for hydroxylation is 1. The van der Waals surface area contributed by atoms with Gasteiger partial charge in [0.15, 0.2) is 0 Å². The lowest BCUT2D eigenvalue weighted by Crippen LogP contribution is -2.25. The number of imidazole rings is 1. The van der Waals surface area contributed by atoms with E-state index in [-0.39, 0.29) is 11.9 Å². The minimum atomic E-state index is -0.0803. The van der Waals surface area contributed by atoms with Crippen molar-refractivity contribution in [2.24, 2.45) is 0 Å². The van der Waals surface area contributed by atoms with Crippen LogP contribution in [-0.4, -0.2) is 15.5 Å². The number of nitrogens with zero attached hydrogens (tertiary/aromatic N) is 2. The standard InChI is InChI=1S/C21H18BrN3O/c22-17-7-9-20(25-12-11-23-14-25)16(13-17)6-10-21(26)24-19-8-5-15-3-1-2-4-18(15)19/h1-4,6-7,9-14,19H,5,8H2,(H,24,26). The van der Waals surface area contributed by atoms with Crippen LogP contribution in [-0.2, 0) is 11.2 Å². The number of nitrogens with one attached hydrogen (secondary N) is 1. The van der Waals surface area contributed by atoms with E-state index >= 15 is 0 Å². The number of carbonyl (C=O) groups is 1. The highest BCUT2D eigenvalue weighted by atomic mass is 79.9. The highest BCUT2D eigenvalue weighted by Crippen LogP contribution is 2.30. The average molecular weight is 408 g/mol. The lowest BCUT2D eigenvalue weighted by Gasteiger charge is -2.12. The number of amides is 1. The highest BCUT2D eigenvalue weighted by molar-refractivity contribution is 9.10. The summed E-state index contributed by atoms with van der Waals surface area (Å²) in [7, 11) is 0. The summed E-state index contributed by atoms with van der Waals surface area (Å²) in [6, 6.07) is 14.4. The van der Waals surface area contributed by atoms with Crippen molar-refractivity contribution in [3.8, 4) is 5.69 Å². The maximum atomic E-state index is 12.4. The zero-order valence-corrected chi connectivity index (χ0v) is 15.7. The third kappa shape index (κ3) is 3.48. The van der Waals surface area contributed by atoms with Gasteiger partial charge >= 0.3 is 0 Å². The molecular formula is C21H18BrN3O. The van der Waals surface area contributed by atoms with E-state index in [9.17, 15) is 4.79 Å². The lowest BCUT2D eigenvalue weighted by molar-refractivity contribution is -0.117. The molecule has 1 aliphatic carbocycles. The Morgan fingerprint density at radius 2 is 2.15 bits per heavy atom. The Bertz CT molecular complexity index is 963. The Balaban J connectivity index is 1.52. The maximum Gasteiger partial charge on any atom is 0.244 e. The molecule has 0 saturated heterocycles. The molecule has 1 aromatic heterocycles. The number of halogens is 1. The van der Waals surface area contributed by atoms with E-state index in [2.05, 4.69) is 38.4 Å². The van der Waals surface area contributed by atoms with Gasteiger partial charge in [0.25, 0.3) is 0 Å². The first-order valence-electron chi connectivity index (χ1n) is 8.55. The molecule has 1 aliphatic rings. The van der Waals surface area contributed by atoms with Crippen LogP contribution < -0.4 is 5.32 Å². The molecule has 0 bridgehead atoms. The molecule has 130 valence electrons. The zero-order valence-electron chi connectivity index (χ0n) is 14.1. The fraction of sp³-hybridized carbons (Fsp3) is 0.143. The Morgan fingerprint density at radius 1 is 1.27 bits per heavy atom. The largest absolute Gasteiger partial charge is 0.346 e. The van der Waals surface area contributed by atoms with Crippen molar-refractivity contribution in [2.75, 3.05) is 0 Å². The molecule has 4 rings (SSSR count). The van der Waals surface area contributed by atoms with E-state index in [0.717, 1.165) is 28.6 Å². The fourth-order valence-electron chi connectivity index (χ4n) is 3.39. The molecule has 3 aromatic rings. The lowest BCUT2D eigenvalue weighted by atomic mass is 10.1. The summed E-state index contributed by atoms with van der Waals surface area (Å²) < 4.78 is 2.89. The van der Waals surface area contributed by atoms with Crippen LogP contribution in [0.15, 0.2) is 71.7 Å². The Labute approximate surface area is 160 Å². The third-order valence-corrected chi connectivity index (χ3v) is 5.13. The van der Waals surface area contributed by atoms with E-state index in [1.807, 2.05) is 47.2 Å². The van der Waals surface area contributed by atoms with Gasteiger partial charge in [0.2, 0.25) is 5.91 Å². The van der Waals surface area contributed by atoms with E-state index in [4.69, 9.17) is 0 Å². The number of aromatic nitrogens is 2. The second kappa shape index (κ2) is 7.30. The molecule has 1 atom stereocenters. The third-order valence-electron chi connectivity index (χ3n) is 4.64. The second-order valence-electron chi connectivity index (χ2n) is 6.31. The molecule has 5 heteroatoms. The summed E-state index contributed by atoms with van der Waals surface area (Å²) in [5.41, 5.74) is 4.48. The zero-order chi connectivity index (χ0) is 17.9. The van der Waals surface area contributed by atoms with Crippen molar-refractivity contribution >= 4 is 27.9 Å². The van der Waals surface area contributed by atoms with Crippen molar-refractivity contribution < 1.29 is 4.79 Å². The number of carbonyl (C=O) groups excluding carboxylic acids is 1. The van der Waals surface area contributed by atoms with Gasteiger partial charge in [-0.3, -0.25) is 4.79 Å². The van der Waals surface area contributed by atoms with Gasteiger partial charge in [-0.1, -0.05) is 40.2 Å². The quantitative estimate of drug-likeness (QED) is 0.649. The predicted molar refractivity (Wildman–Crippen MR) is 106 cm³/mol. The summed E-state index contributed by atoms with van der Waals surface area (Å²) in [5.74, 6) is -0.0803. The van der Waals surface area contributed by atoms with Gasteiger partial charge in [-0.15, -0.1) is 0 Å². The summed E-state index contributed by atoms with van der Waals surface area (Å²) in [6.45, 7) is 0. The van der Waals surface area contributed by atoms with E-state index in [0.29, 0.717) is 0 Å². The Hall–Kier alpha value is -2.66. The topological polar surface area (TPSA) is 46.9 Å². The van der Waals surface area contributed by atoms with Crippen LogP contribution in [0, 0.1) is 0 Å². The first-order valence-corrected chi connectivity index (χ1v) is 9.34. The molecule has 1 N–H and O–H groups in total. The normalized spacial score (nSPS) is 16.0. The molecule has 0 aliphatic heterocycles. The van der Waals surface area contributed by atoms with Crippen LogP contribution in [0.4, 0.5) is 0 Å². The van der Waals surface area contributed by atoms with Gasteiger partial charge < -0.3 is 9.88 Å². The minimum absolute atomic E-state index is 0.0803. The number of hydrogen-bond acceptors (Lipinski definition) is 2. The molecule has 1 heterocycles. The Morgan fingerprint density at radius 3 is 3.00 bits per heavy atom. The summed E-state index contributed by atoms with van der Waals surface area (Å²) in [4.78, 5) is 16.5. The van der Waals surface area contributed by atoms with Gasteiger partial charge in [0, 0.05) is 22.9 Å². The molecule has 1 unspecified atom stereocenters. The van der Waals surface area contributed by atoms with Gasteiger partial charge in [-0.2, -0.15) is 0 Å². The van der Waals surface area contributed by atoms with Crippen molar-refractivity contribution in [3.63, 3.8) is 0 Å². The molecule has 0 fully saturated rings. The van der Waals surface area contributed by atoms with Crippen molar-refractivity contribution in [3.05, 3.63) is 88.4 Å². The highest BCUT2D eigenvalue weighted by Gasteiger charge is 2.22. The first kappa shape index (κ1) is 16.8. The smallest absolute Gasteiger partial charge is 0.244 e. The predicted octanol–water partition coefficient (Wildman–Crippen LogP) is 4.45. The first-order chi connectivity index (χ1) is 12.7. The summed E-state index contributed by atoms with van der Waals surface area (Å²) >= 11 is 3.50. The number of fused-ring (bicyclic) bond motifs is 1. The van der Waals surface area contributed by atoms with Crippen molar-refractivity contribution in [2.45, 2.75) is 18.9 Å². The summed E-state index contributed by atoms with van der Waals surface area (Å²) in [6.07, 6.45) is 10.8. The Kier molecular flexibility index (Phi) is 4.71. The molecule has 2 aromatic carbocycles. The fourth-order valence-corrected chi connectivity index (χ4v) is 3.77. The minimum Gasteiger partial charge on any atom is -0.346 e. The van der Waals surface area contributed by atoms with Crippen LogP contribution in [0.1, 0.15) is 29.2 Å². The van der Waals surface area contributed by atoms with Crippen LogP contribution in [0.25, 0.3) is 11.8 Å². The molecule has 0 spiro atoms. The molecule has 4 nitrogen and oxygen atoms in total. The molecule has 0 radical (unpaired) electrons. The van der Waals surface area contributed by atoms with Crippen LogP contribution in [0.2, 0.25) is 0 Å². The van der Waals surface area contributed by atoms with E-state index in [1.165, 1.54) is 11.1 Å².